The van der Waals surface area contributed by atoms with E-state index in [2.05, 4.69) is 20.3 Å². The summed E-state index contributed by atoms with van der Waals surface area (Å²) in [6.07, 6.45) is 6.30. The topological polar surface area (TPSA) is 84.2 Å². The van der Waals surface area contributed by atoms with Crippen LogP contribution >= 0.6 is 0 Å². The molecule has 0 aliphatic heterocycles. The van der Waals surface area contributed by atoms with Gasteiger partial charge in [-0.1, -0.05) is 0 Å². The maximum Gasteiger partial charge on any atom is 0.228 e. The minimum Gasteiger partial charge on any atom is -0.439 e. The average molecular weight is 386 g/mol. The summed E-state index contributed by atoms with van der Waals surface area (Å²) in [5.74, 6) is 0.891. The molecule has 0 aromatic carbocycles. The lowest BCUT2D eigenvalue weighted by molar-refractivity contribution is -0.121. The molecule has 7 nitrogen and oxygen atoms in total. The third-order valence-electron chi connectivity index (χ3n) is 5.16. The zero-order valence-electron chi connectivity index (χ0n) is 21.5. The fourth-order valence-corrected chi connectivity index (χ4v) is 3.55. The van der Waals surface area contributed by atoms with E-state index in [-0.39, 0.29) is 11.8 Å². The van der Waals surface area contributed by atoms with Gasteiger partial charge in [0.15, 0.2) is 11.7 Å². The van der Waals surface area contributed by atoms with Crippen LogP contribution in [0.25, 0.3) is 22.2 Å². The molecule has 28 heavy (non-hydrogen) atoms. The molecule has 0 radical (unpaired) electrons. The van der Waals surface area contributed by atoms with Crippen LogP contribution in [0.3, 0.4) is 0 Å². The molecular weight excluding hydrogens is 354 g/mol. The minimum atomic E-state index is -2.72. The van der Waals surface area contributed by atoms with Gasteiger partial charge in [-0.3, -0.25) is 9.78 Å². The van der Waals surface area contributed by atoms with Crippen molar-refractivity contribution in [3.05, 3.63) is 36.6 Å². The number of aryl methyl sites for hydroxylation is 1. The quantitative estimate of drug-likeness (QED) is 0.738. The standard InChI is InChI=1S/C21H25N5O2/c1-13-22-12-19(28-13)18-8-15-9-20(24-11-16(15)10-23-18)25-21(27)14-4-6-17(7-5-14)26(2)3/h8-12,14,17H,4-7H2,1-3H3,(H,24,25,27)/t14-,17-/i2D3,3D3. The second kappa shape index (κ2) is 7.67. The van der Waals surface area contributed by atoms with Crippen molar-refractivity contribution in [1.29, 1.82) is 0 Å². The maximum absolute atomic E-state index is 12.8. The largest absolute Gasteiger partial charge is 0.439 e. The molecular formula is C21H25N5O2. The molecule has 0 spiro atoms. The van der Waals surface area contributed by atoms with Crippen LogP contribution < -0.4 is 5.32 Å². The first-order chi connectivity index (χ1) is 15.9. The van der Waals surface area contributed by atoms with Gasteiger partial charge in [-0.25, -0.2) is 9.97 Å². The molecule has 4 rings (SSSR count). The number of carbonyl (C=O) groups excluding carboxylic acids is 1. The number of amides is 1. The predicted molar refractivity (Wildman–Crippen MR) is 108 cm³/mol. The van der Waals surface area contributed by atoms with Crippen LogP contribution in [-0.4, -0.2) is 45.8 Å². The fourth-order valence-electron chi connectivity index (χ4n) is 3.55. The highest BCUT2D eigenvalue weighted by atomic mass is 16.4. The Balaban J connectivity index is 1.43. The molecule has 1 saturated carbocycles. The van der Waals surface area contributed by atoms with Crippen molar-refractivity contribution in [2.75, 3.05) is 19.3 Å². The lowest BCUT2D eigenvalue weighted by atomic mass is 9.85. The molecule has 3 aromatic heterocycles. The fraction of sp³-hybridized carbons (Fsp3) is 0.429. The van der Waals surface area contributed by atoms with E-state index in [0.717, 1.165) is 10.8 Å². The summed E-state index contributed by atoms with van der Waals surface area (Å²) in [7, 11) is 0. The van der Waals surface area contributed by atoms with E-state index in [1.807, 2.05) is 6.07 Å². The Morgan fingerprint density at radius 3 is 2.61 bits per heavy atom. The third-order valence-corrected chi connectivity index (χ3v) is 5.16. The van der Waals surface area contributed by atoms with Crippen LogP contribution in [0, 0.1) is 12.8 Å². The Kier molecular flexibility index (Phi) is 3.46. The van der Waals surface area contributed by atoms with Crippen LogP contribution in [0.1, 0.15) is 39.8 Å². The highest BCUT2D eigenvalue weighted by molar-refractivity contribution is 5.94. The Labute approximate surface area is 172 Å². The molecule has 1 fully saturated rings. The SMILES string of the molecule is [2H]C([2H])([2H])N([C@H]1CC[C@H](C(=O)Nc2cc3cc(-c4cnc(C)o4)ncc3cn2)CC1)C([2H])([2H])[2H]. The first-order valence-corrected chi connectivity index (χ1v) is 9.21. The van der Waals surface area contributed by atoms with Crippen molar-refractivity contribution in [1.82, 2.24) is 19.9 Å². The summed E-state index contributed by atoms with van der Waals surface area (Å²) < 4.78 is 51.1. The van der Waals surface area contributed by atoms with Crippen molar-refractivity contribution >= 4 is 22.5 Å². The van der Waals surface area contributed by atoms with E-state index in [1.165, 1.54) is 0 Å². The van der Waals surface area contributed by atoms with Crippen molar-refractivity contribution in [2.24, 2.45) is 5.92 Å². The molecule has 0 atom stereocenters. The first kappa shape index (κ1) is 12.6. The lowest BCUT2D eigenvalue weighted by Crippen LogP contribution is -2.35. The van der Waals surface area contributed by atoms with E-state index < -0.39 is 20.0 Å². The summed E-state index contributed by atoms with van der Waals surface area (Å²) in [4.78, 5) is 26.2. The van der Waals surface area contributed by atoms with Gasteiger partial charge in [0, 0.05) is 44.9 Å². The van der Waals surface area contributed by atoms with Gasteiger partial charge in [0.25, 0.3) is 0 Å². The molecule has 1 N–H and O–H groups in total. The summed E-state index contributed by atoms with van der Waals surface area (Å²) >= 11 is 0. The number of carbonyl (C=O) groups is 1. The number of nitrogens with one attached hydrogen (secondary N) is 1. The van der Waals surface area contributed by atoms with Crippen LogP contribution in [0.15, 0.2) is 35.1 Å². The van der Waals surface area contributed by atoms with Crippen molar-refractivity contribution in [3.8, 4) is 11.5 Å². The highest BCUT2D eigenvalue weighted by Crippen LogP contribution is 2.28. The number of hydrogen-bond donors (Lipinski definition) is 1. The molecule has 1 aliphatic rings. The van der Waals surface area contributed by atoms with Gasteiger partial charge in [0.1, 0.15) is 11.5 Å². The molecule has 1 amide bonds. The van der Waals surface area contributed by atoms with E-state index in [9.17, 15) is 4.79 Å². The van der Waals surface area contributed by atoms with Gasteiger partial charge in [0.05, 0.1) is 6.20 Å². The summed E-state index contributed by atoms with van der Waals surface area (Å²) in [6.45, 7) is -3.70. The number of nitrogens with zero attached hydrogens (tertiary/aromatic N) is 4. The molecule has 0 bridgehead atoms. The van der Waals surface area contributed by atoms with Gasteiger partial charge in [0.2, 0.25) is 5.91 Å². The van der Waals surface area contributed by atoms with E-state index >= 15 is 0 Å². The molecule has 1 aliphatic carbocycles. The van der Waals surface area contributed by atoms with Crippen LogP contribution in [0.5, 0.6) is 0 Å². The van der Waals surface area contributed by atoms with E-state index in [1.54, 1.807) is 31.6 Å². The van der Waals surface area contributed by atoms with Crippen LogP contribution in [0.2, 0.25) is 0 Å². The van der Waals surface area contributed by atoms with Crippen molar-refractivity contribution in [3.63, 3.8) is 0 Å². The van der Waals surface area contributed by atoms with Crippen molar-refractivity contribution < 1.29 is 17.4 Å². The monoisotopic (exact) mass is 385 g/mol. The molecule has 146 valence electrons. The Morgan fingerprint density at radius 2 is 1.89 bits per heavy atom. The normalized spacial score (nSPS) is 23.9. The zero-order chi connectivity index (χ0) is 24.7. The maximum atomic E-state index is 12.8. The Morgan fingerprint density at radius 1 is 1.11 bits per heavy atom. The zero-order valence-corrected chi connectivity index (χ0v) is 15.5. The number of anilines is 1. The van der Waals surface area contributed by atoms with Crippen molar-refractivity contribution in [2.45, 2.75) is 38.6 Å². The number of pyridine rings is 2. The van der Waals surface area contributed by atoms with E-state index in [4.69, 9.17) is 12.6 Å². The predicted octanol–water partition coefficient (Wildman–Crippen LogP) is 3.65. The molecule has 0 saturated heterocycles. The van der Waals surface area contributed by atoms with E-state index in [0.29, 0.717) is 53.7 Å². The third kappa shape index (κ3) is 3.89. The van der Waals surface area contributed by atoms with Gasteiger partial charge in [-0.2, -0.15) is 0 Å². The van der Waals surface area contributed by atoms with Gasteiger partial charge < -0.3 is 14.6 Å². The Hall–Kier alpha value is -2.80. The second-order valence-electron chi connectivity index (χ2n) is 7.09. The lowest BCUT2D eigenvalue weighted by Gasteiger charge is -2.31. The van der Waals surface area contributed by atoms with Gasteiger partial charge in [-0.05, 0) is 57.2 Å². The highest BCUT2D eigenvalue weighted by Gasteiger charge is 2.27. The van der Waals surface area contributed by atoms with Gasteiger partial charge in [-0.15, -0.1) is 0 Å². The number of fused-ring (bicyclic) bond motifs is 1. The molecule has 0 unspecified atom stereocenters. The average Bonchev–Trinajstić information content (AvgIpc) is 3.18. The second-order valence-corrected chi connectivity index (χ2v) is 7.09. The number of hydrogen-bond acceptors (Lipinski definition) is 6. The first-order valence-electron chi connectivity index (χ1n) is 12.2. The summed E-state index contributed by atoms with van der Waals surface area (Å²) in [5.41, 5.74) is 0.614. The minimum absolute atomic E-state index is 0.222. The van der Waals surface area contributed by atoms with Crippen LogP contribution in [0.4, 0.5) is 5.82 Å². The summed E-state index contributed by atoms with van der Waals surface area (Å²) in [6, 6.07) is 2.95. The molecule has 3 aromatic rings. The molecule has 7 heteroatoms. The molecule has 3 heterocycles. The number of oxazole rings is 1. The smallest absolute Gasteiger partial charge is 0.228 e. The summed E-state index contributed by atoms with van der Waals surface area (Å²) in [5, 5.41) is 4.45. The Bertz CT molecular complexity index is 1170. The van der Waals surface area contributed by atoms with Crippen LogP contribution in [-0.2, 0) is 4.79 Å². The number of rotatable bonds is 4. The van der Waals surface area contributed by atoms with Gasteiger partial charge >= 0.3 is 0 Å². The number of aromatic nitrogens is 3.